The third-order valence-electron chi connectivity index (χ3n) is 5.74. The maximum atomic E-state index is 6.05. The summed E-state index contributed by atoms with van der Waals surface area (Å²) >= 11 is 0. The quantitative estimate of drug-likeness (QED) is 0.747. The molecule has 4 atom stereocenters. The van der Waals surface area contributed by atoms with Crippen molar-refractivity contribution in [3.8, 4) is 0 Å². The van der Waals surface area contributed by atoms with Crippen molar-refractivity contribution in [2.45, 2.75) is 79.3 Å². The first-order valence-electron chi connectivity index (χ1n) is 9.57. The van der Waals surface area contributed by atoms with Crippen LogP contribution in [0.3, 0.4) is 0 Å². The molecule has 0 unspecified atom stereocenters. The number of hydrogen-bond acceptors (Lipinski definition) is 4. The van der Waals surface area contributed by atoms with Crippen molar-refractivity contribution in [3.05, 3.63) is 0 Å². The van der Waals surface area contributed by atoms with Crippen molar-refractivity contribution in [1.29, 1.82) is 0 Å². The second-order valence-electron chi connectivity index (χ2n) is 9.82. The SMILES string of the molecule is CC(C)(C)[C@H]1COC([C@H]2CCCC[C@H]2C2=N[C@@H](C(C)(C)C)CO2)=N1. The summed E-state index contributed by atoms with van der Waals surface area (Å²) in [7, 11) is 0. The highest BCUT2D eigenvalue weighted by atomic mass is 16.5. The maximum absolute atomic E-state index is 6.05. The topological polar surface area (TPSA) is 43.2 Å². The predicted octanol–water partition coefficient (Wildman–Crippen LogP) is 4.48. The van der Waals surface area contributed by atoms with Crippen LogP contribution in [-0.4, -0.2) is 37.1 Å². The normalized spacial score (nSPS) is 34.4. The number of rotatable bonds is 2. The fourth-order valence-corrected chi connectivity index (χ4v) is 3.80. The summed E-state index contributed by atoms with van der Waals surface area (Å²) in [6, 6.07) is 0.535. The first-order valence-corrected chi connectivity index (χ1v) is 9.57. The predicted molar refractivity (Wildman–Crippen MR) is 98.7 cm³/mol. The van der Waals surface area contributed by atoms with Gasteiger partial charge in [0.15, 0.2) is 11.8 Å². The van der Waals surface area contributed by atoms with Crippen molar-refractivity contribution >= 4 is 11.8 Å². The van der Waals surface area contributed by atoms with E-state index in [4.69, 9.17) is 19.5 Å². The maximum Gasteiger partial charge on any atom is 0.187 e. The van der Waals surface area contributed by atoms with Gasteiger partial charge in [-0.25, -0.2) is 9.98 Å². The van der Waals surface area contributed by atoms with E-state index in [-0.39, 0.29) is 22.9 Å². The van der Waals surface area contributed by atoms with Crippen LogP contribution in [0.1, 0.15) is 67.2 Å². The molecule has 1 saturated carbocycles. The summed E-state index contributed by atoms with van der Waals surface area (Å²) < 4.78 is 12.1. The van der Waals surface area contributed by atoms with E-state index in [1.165, 1.54) is 12.8 Å². The molecule has 0 saturated heterocycles. The molecule has 0 aromatic heterocycles. The molecule has 24 heavy (non-hydrogen) atoms. The summed E-state index contributed by atoms with van der Waals surface area (Å²) in [5.41, 5.74) is 0.315. The van der Waals surface area contributed by atoms with Crippen LogP contribution in [-0.2, 0) is 9.47 Å². The lowest BCUT2D eigenvalue weighted by Crippen LogP contribution is -2.33. The molecule has 1 fully saturated rings. The lowest BCUT2D eigenvalue weighted by atomic mass is 9.78. The van der Waals surface area contributed by atoms with Crippen LogP contribution in [0.2, 0.25) is 0 Å². The number of ether oxygens (including phenoxy) is 2. The van der Waals surface area contributed by atoms with E-state index in [1.54, 1.807) is 0 Å². The average Bonchev–Trinajstić information content (AvgIpc) is 3.16. The lowest BCUT2D eigenvalue weighted by Gasteiger charge is -2.30. The highest BCUT2D eigenvalue weighted by Crippen LogP contribution is 2.38. The molecule has 2 heterocycles. The van der Waals surface area contributed by atoms with Crippen molar-refractivity contribution in [2.24, 2.45) is 32.7 Å². The average molecular weight is 335 g/mol. The minimum atomic E-state index is 0.157. The van der Waals surface area contributed by atoms with Gasteiger partial charge in [-0.05, 0) is 23.7 Å². The molecule has 4 heteroatoms. The van der Waals surface area contributed by atoms with Gasteiger partial charge in [-0.2, -0.15) is 0 Å². The van der Waals surface area contributed by atoms with E-state index in [2.05, 4.69) is 41.5 Å². The van der Waals surface area contributed by atoms with Gasteiger partial charge in [0.05, 0.1) is 12.1 Å². The summed E-state index contributed by atoms with van der Waals surface area (Å²) in [5.74, 6) is 2.63. The van der Waals surface area contributed by atoms with Crippen molar-refractivity contribution in [3.63, 3.8) is 0 Å². The van der Waals surface area contributed by atoms with Gasteiger partial charge >= 0.3 is 0 Å². The van der Waals surface area contributed by atoms with Crippen LogP contribution in [0.15, 0.2) is 9.98 Å². The molecule has 0 spiro atoms. The lowest BCUT2D eigenvalue weighted by molar-refractivity contribution is 0.204. The van der Waals surface area contributed by atoms with Gasteiger partial charge in [-0.3, -0.25) is 0 Å². The Hall–Kier alpha value is -1.06. The molecule has 0 bridgehead atoms. The summed E-state index contributed by atoms with van der Waals surface area (Å²) in [6.45, 7) is 14.9. The molecule has 3 aliphatic rings. The van der Waals surface area contributed by atoms with Crippen LogP contribution in [0, 0.1) is 22.7 Å². The first-order chi connectivity index (χ1) is 11.2. The van der Waals surface area contributed by atoms with E-state index in [0.29, 0.717) is 11.8 Å². The Bertz CT molecular complexity index is 477. The van der Waals surface area contributed by atoms with Gasteiger partial charge < -0.3 is 9.47 Å². The number of aliphatic imine (C=N–C) groups is 2. The van der Waals surface area contributed by atoms with Gasteiger partial charge in [0.1, 0.15) is 13.2 Å². The molecule has 0 aromatic carbocycles. The van der Waals surface area contributed by atoms with Crippen molar-refractivity contribution < 1.29 is 9.47 Å². The van der Waals surface area contributed by atoms with Crippen LogP contribution < -0.4 is 0 Å². The molecule has 0 radical (unpaired) electrons. The van der Waals surface area contributed by atoms with Crippen molar-refractivity contribution in [2.75, 3.05) is 13.2 Å². The Kier molecular flexibility index (Phi) is 4.69. The van der Waals surface area contributed by atoms with Crippen LogP contribution in [0.5, 0.6) is 0 Å². The van der Waals surface area contributed by atoms with Crippen LogP contribution in [0.4, 0.5) is 0 Å². The molecule has 0 N–H and O–H groups in total. The Labute approximate surface area is 147 Å². The first kappa shape index (κ1) is 17.8. The van der Waals surface area contributed by atoms with Gasteiger partial charge in [-0.1, -0.05) is 54.4 Å². The van der Waals surface area contributed by atoms with E-state index in [1.807, 2.05) is 0 Å². The minimum Gasteiger partial charge on any atom is -0.478 e. The minimum absolute atomic E-state index is 0.157. The molecule has 136 valence electrons. The largest absolute Gasteiger partial charge is 0.478 e. The van der Waals surface area contributed by atoms with Crippen molar-refractivity contribution in [1.82, 2.24) is 0 Å². The second-order valence-corrected chi connectivity index (χ2v) is 9.82. The second kappa shape index (κ2) is 6.34. The molecule has 0 amide bonds. The molecule has 3 rings (SSSR count). The highest BCUT2D eigenvalue weighted by Gasteiger charge is 2.42. The Morgan fingerprint density at radius 2 is 1.08 bits per heavy atom. The zero-order valence-corrected chi connectivity index (χ0v) is 16.3. The molecular weight excluding hydrogens is 300 g/mol. The Balaban J connectivity index is 1.78. The van der Waals surface area contributed by atoms with Gasteiger partial charge in [-0.15, -0.1) is 0 Å². The number of hydrogen-bond donors (Lipinski definition) is 0. The molecular formula is C20H34N2O2. The van der Waals surface area contributed by atoms with Gasteiger partial charge in [0, 0.05) is 11.8 Å². The highest BCUT2D eigenvalue weighted by molar-refractivity contribution is 5.89. The zero-order chi connectivity index (χ0) is 17.5. The third kappa shape index (κ3) is 3.62. The molecule has 1 aliphatic carbocycles. The van der Waals surface area contributed by atoms with E-state index in [0.717, 1.165) is 37.9 Å². The van der Waals surface area contributed by atoms with E-state index < -0.39 is 0 Å². The molecule has 2 aliphatic heterocycles. The fourth-order valence-electron chi connectivity index (χ4n) is 3.80. The van der Waals surface area contributed by atoms with E-state index in [9.17, 15) is 0 Å². The zero-order valence-electron chi connectivity index (χ0n) is 16.3. The summed E-state index contributed by atoms with van der Waals surface area (Å²) in [6.07, 6.45) is 4.78. The summed E-state index contributed by atoms with van der Waals surface area (Å²) in [4.78, 5) is 9.91. The Morgan fingerprint density at radius 1 is 0.708 bits per heavy atom. The standard InChI is InChI=1S/C20H34N2O2/c1-19(2,3)15-11-23-17(21-15)13-9-7-8-10-14(13)18-22-16(12-24-18)20(4,5)6/h13-16H,7-12H2,1-6H3/t13-,14+,15-,16-/m1/s1. The van der Waals surface area contributed by atoms with Gasteiger partial charge in [0.2, 0.25) is 0 Å². The van der Waals surface area contributed by atoms with Gasteiger partial charge in [0.25, 0.3) is 0 Å². The van der Waals surface area contributed by atoms with Crippen LogP contribution >= 0.6 is 0 Å². The fraction of sp³-hybridized carbons (Fsp3) is 0.900. The molecule has 4 nitrogen and oxygen atoms in total. The van der Waals surface area contributed by atoms with E-state index >= 15 is 0 Å². The summed E-state index contributed by atoms with van der Waals surface area (Å²) in [5, 5.41) is 0. The monoisotopic (exact) mass is 334 g/mol. The third-order valence-corrected chi connectivity index (χ3v) is 5.74. The van der Waals surface area contributed by atoms with Crippen LogP contribution in [0.25, 0.3) is 0 Å². The smallest absolute Gasteiger partial charge is 0.187 e. The number of nitrogens with zero attached hydrogens (tertiary/aromatic N) is 2. The Morgan fingerprint density at radius 3 is 1.38 bits per heavy atom. The molecule has 0 aromatic rings.